The maximum Gasteiger partial charge on any atom is 0.170 e. The predicted octanol–water partition coefficient (Wildman–Crippen LogP) is -0.161. The Labute approximate surface area is 50.0 Å². The molecule has 0 spiro atoms. The van der Waals surface area contributed by atoms with Gasteiger partial charge in [-0.25, -0.2) is 5.32 Å². The highest BCUT2D eigenvalue weighted by molar-refractivity contribution is 4.41. The average molecular weight is 118 g/mol. The summed E-state index contributed by atoms with van der Waals surface area (Å²) in [5, 5.41) is 3.83. The van der Waals surface area contributed by atoms with Gasteiger partial charge in [-0.15, -0.1) is 0 Å². The van der Waals surface area contributed by atoms with Gasteiger partial charge in [0, 0.05) is 21.3 Å². The van der Waals surface area contributed by atoms with E-state index in [0.29, 0.717) is 6.54 Å². The van der Waals surface area contributed by atoms with Crippen LogP contribution in [0.4, 0.5) is 0 Å². The first-order valence-corrected chi connectivity index (χ1v) is 2.46. The fraction of sp³-hybridized carbons (Fsp3) is 1.00. The van der Waals surface area contributed by atoms with Gasteiger partial charge in [-0.2, -0.15) is 0 Å². The van der Waals surface area contributed by atoms with E-state index in [1.165, 1.54) is 0 Å². The van der Waals surface area contributed by atoms with E-state index in [1.807, 2.05) is 0 Å². The standard InChI is InChI=1S/C5H12NO2/c1-6-4-5(7-2)8-3/h5H,4H2,1-3H3. The maximum atomic E-state index is 4.82. The summed E-state index contributed by atoms with van der Waals surface area (Å²) >= 11 is 0. The SMILES string of the molecule is C[N]CC(OC)OC. The lowest BCUT2D eigenvalue weighted by Gasteiger charge is -2.10. The van der Waals surface area contributed by atoms with Crippen LogP contribution < -0.4 is 5.32 Å². The van der Waals surface area contributed by atoms with Gasteiger partial charge in [0.05, 0.1) is 6.54 Å². The zero-order valence-electron chi connectivity index (χ0n) is 5.55. The highest BCUT2D eigenvalue weighted by atomic mass is 16.7. The van der Waals surface area contributed by atoms with Crippen molar-refractivity contribution in [3.05, 3.63) is 0 Å². The molecule has 0 aromatic heterocycles. The van der Waals surface area contributed by atoms with Crippen LogP contribution in [0.1, 0.15) is 0 Å². The fourth-order valence-corrected chi connectivity index (χ4v) is 0.394. The van der Waals surface area contributed by atoms with Crippen LogP contribution in [0.5, 0.6) is 0 Å². The number of methoxy groups -OCH3 is 2. The van der Waals surface area contributed by atoms with Gasteiger partial charge < -0.3 is 9.47 Å². The Morgan fingerprint density at radius 2 is 1.88 bits per heavy atom. The normalized spacial score (nSPS) is 10.5. The first-order valence-electron chi connectivity index (χ1n) is 2.46. The van der Waals surface area contributed by atoms with Gasteiger partial charge in [0.15, 0.2) is 6.29 Å². The molecule has 0 aliphatic rings. The maximum absolute atomic E-state index is 4.82. The molecule has 0 saturated heterocycles. The van der Waals surface area contributed by atoms with Gasteiger partial charge in [-0.3, -0.25) is 0 Å². The molecule has 0 N–H and O–H groups in total. The Kier molecular flexibility index (Phi) is 4.95. The van der Waals surface area contributed by atoms with Crippen molar-refractivity contribution in [2.45, 2.75) is 6.29 Å². The van der Waals surface area contributed by atoms with Gasteiger partial charge in [0.25, 0.3) is 0 Å². The van der Waals surface area contributed by atoms with Crippen molar-refractivity contribution in [1.82, 2.24) is 5.32 Å². The molecular formula is C5H12NO2. The highest BCUT2D eigenvalue weighted by Crippen LogP contribution is 1.85. The van der Waals surface area contributed by atoms with Gasteiger partial charge in [-0.1, -0.05) is 0 Å². The largest absolute Gasteiger partial charge is 0.354 e. The molecule has 0 aliphatic carbocycles. The molecule has 0 unspecified atom stereocenters. The lowest BCUT2D eigenvalue weighted by atomic mass is 10.6. The number of likely N-dealkylation sites (N-methyl/N-ethyl adjacent to an activating group) is 1. The van der Waals surface area contributed by atoms with Gasteiger partial charge >= 0.3 is 0 Å². The molecule has 8 heavy (non-hydrogen) atoms. The molecule has 3 nitrogen and oxygen atoms in total. The van der Waals surface area contributed by atoms with Gasteiger partial charge in [-0.05, 0) is 0 Å². The number of ether oxygens (including phenoxy) is 2. The topological polar surface area (TPSA) is 32.6 Å². The molecular weight excluding hydrogens is 106 g/mol. The van der Waals surface area contributed by atoms with Crippen LogP contribution in [0, 0.1) is 0 Å². The lowest BCUT2D eigenvalue weighted by molar-refractivity contribution is -0.0983. The monoisotopic (exact) mass is 118 g/mol. The van der Waals surface area contributed by atoms with Gasteiger partial charge in [0.2, 0.25) is 0 Å². The van der Waals surface area contributed by atoms with Crippen LogP contribution in [-0.4, -0.2) is 34.1 Å². The minimum absolute atomic E-state index is 0.167. The van der Waals surface area contributed by atoms with Gasteiger partial charge in [0.1, 0.15) is 0 Å². The summed E-state index contributed by atoms with van der Waals surface area (Å²) in [7, 11) is 4.92. The third kappa shape index (κ3) is 2.96. The van der Waals surface area contributed by atoms with Crippen LogP contribution in [0.15, 0.2) is 0 Å². The number of hydrogen-bond acceptors (Lipinski definition) is 2. The first kappa shape index (κ1) is 7.88. The van der Waals surface area contributed by atoms with E-state index in [9.17, 15) is 0 Å². The molecule has 0 rings (SSSR count). The molecule has 3 heteroatoms. The molecule has 0 amide bonds. The number of nitrogens with zero attached hydrogens (tertiary/aromatic N) is 1. The van der Waals surface area contributed by atoms with Crippen molar-refractivity contribution in [3.8, 4) is 0 Å². The molecule has 0 aliphatic heterocycles. The van der Waals surface area contributed by atoms with Crippen molar-refractivity contribution in [1.29, 1.82) is 0 Å². The second-order valence-corrected chi connectivity index (χ2v) is 1.40. The van der Waals surface area contributed by atoms with E-state index in [4.69, 9.17) is 9.47 Å². The summed E-state index contributed by atoms with van der Waals surface area (Å²) in [5.74, 6) is 0. The number of hydrogen-bond donors (Lipinski definition) is 0. The number of rotatable bonds is 4. The Bertz CT molecular complexity index is 45.7. The molecule has 49 valence electrons. The highest BCUT2D eigenvalue weighted by Gasteiger charge is 2.00. The summed E-state index contributed by atoms with van der Waals surface area (Å²) in [4.78, 5) is 0. The minimum Gasteiger partial charge on any atom is -0.354 e. The molecule has 0 aromatic carbocycles. The third-order valence-electron chi connectivity index (χ3n) is 0.857. The molecule has 1 radical (unpaired) electrons. The smallest absolute Gasteiger partial charge is 0.170 e. The zero-order chi connectivity index (χ0) is 6.41. The van der Waals surface area contributed by atoms with Crippen molar-refractivity contribution in [3.63, 3.8) is 0 Å². The molecule has 0 atom stereocenters. The van der Waals surface area contributed by atoms with Crippen LogP contribution in [0.25, 0.3) is 0 Å². The van der Waals surface area contributed by atoms with Crippen molar-refractivity contribution >= 4 is 0 Å². The van der Waals surface area contributed by atoms with E-state index in [-0.39, 0.29) is 6.29 Å². The third-order valence-corrected chi connectivity index (χ3v) is 0.857. The second kappa shape index (κ2) is 5.03. The summed E-state index contributed by atoms with van der Waals surface area (Å²) in [5.41, 5.74) is 0. The molecule has 0 aromatic rings. The van der Waals surface area contributed by atoms with Crippen LogP contribution >= 0.6 is 0 Å². The first-order chi connectivity index (χ1) is 3.85. The van der Waals surface area contributed by atoms with E-state index < -0.39 is 0 Å². The Hall–Kier alpha value is -0.120. The molecule has 0 heterocycles. The fourth-order valence-electron chi connectivity index (χ4n) is 0.394. The van der Waals surface area contributed by atoms with Crippen LogP contribution in [0.3, 0.4) is 0 Å². The predicted molar refractivity (Wildman–Crippen MR) is 30.7 cm³/mol. The average Bonchev–Trinajstić information content (AvgIpc) is 1.83. The van der Waals surface area contributed by atoms with Crippen LogP contribution in [-0.2, 0) is 9.47 Å². The quantitative estimate of drug-likeness (QED) is 0.480. The summed E-state index contributed by atoms with van der Waals surface area (Å²) in [6.45, 7) is 0.604. The van der Waals surface area contributed by atoms with E-state index in [2.05, 4.69) is 5.32 Å². The molecule has 0 bridgehead atoms. The molecule has 0 saturated carbocycles. The summed E-state index contributed by atoms with van der Waals surface area (Å²) < 4.78 is 9.65. The minimum atomic E-state index is -0.167. The summed E-state index contributed by atoms with van der Waals surface area (Å²) in [6, 6.07) is 0. The van der Waals surface area contributed by atoms with Crippen molar-refractivity contribution in [2.24, 2.45) is 0 Å². The van der Waals surface area contributed by atoms with E-state index in [1.54, 1.807) is 21.3 Å². The lowest BCUT2D eigenvalue weighted by Crippen LogP contribution is -2.22. The zero-order valence-corrected chi connectivity index (χ0v) is 5.55. The van der Waals surface area contributed by atoms with Crippen LogP contribution in [0.2, 0.25) is 0 Å². The Balaban J connectivity index is 3.07. The van der Waals surface area contributed by atoms with Crippen molar-refractivity contribution < 1.29 is 9.47 Å². The summed E-state index contributed by atoms with van der Waals surface area (Å²) in [6.07, 6.45) is -0.167. The van der Waals surface area contributed by atoms with E-state index in [0.717, 1.165) is 0 Å². The Morgan fingerprint density at radius 3 is 2.00 bits per heavy atom. The van der Waals surface area contributed by atoms with Crippen molar-refractivity contribution in [2.75, 3.05) is 27.8 Å². The van der Waals surface area contributed by atoms with E-state index >= 15 is 0 Å². The second-order valence-electron chi connectivity index (χ2n) is 1.40. The Morgan fingerprint density at radius 1 is 1.38 bits per heavy atom. The molecule has 0 fully saturated rings.